The van der Waals surface area contributed by atoms with Crippen molar-refractivity contribution < 1.29 is 14.3 Å². The van der Waals surface area contributed by atoms with Crippen molar-refractivity contribution in [3.63, 3.8) is 0 Å². The number of benzene rings is 2. The fourth-order valence-electron chi connectivity index (χ4n) is 2.52. The zero-order chi connectivity index (χ0) is 16.5. The largest absolute Gasteiger partial charge is 0.454 e. The second-order valence-corrected chi connectivity index (χ2v) is 6.52. The van der Waals surface area contributed by atoms with Crippen LogP contribution in [0.5, 0.6) is 11.5 Å². The van der Waals surface area contributed by atoms with Crippen LogP contribution in [0.2, 0.25) is 0 Å². The highest BCUT2D eigenvalue weighted by atomic mass is 32.1. The molecule has 1 aliphatic heterocycles. The van der Waals surface area contributed by atoms with Gasteiger partial charge >= 0.3 is 0 Å². The van der Waals surface area contributed by atoms with Crippen molar-refractivity contribution in [3.05, 3.63) is 59.0 Å². The average molecular weight is 338 g/mol. The molecule has 0 aliphatic carbocycles. The van der Waals surface area contributed by atoms with Gasteiger partial charge in [0.05, 0.1) is 5.69 Å². The first-order valence-electron chi connectivity index (χ1n) is 7.44. The molecule has 2 heterocycles. The van der Waals surface area contributed by atoms with Crippen molar-refractivity contribution in [1.29, 1.82) is 0 Å². The molecule has 0 radical (unpaired) electrons. The molecule has 4 rings (SSSR count). The molecule has 1 amide bonds. The van der Waals surface area contributed by atoms with Crippen LogP contribution in [-0.2, 0) is 0 Å². The lowest BCUT2D eigenvalue weighted by Crippen LogP contribution is -2.11. The van der Waals surface area contributed by atoms with E-state index in [0.29, 0.717) is 22.2 Å². The highest BCUT2D eigenvalue weighted by Crippen LogP contribution is 2.33. The maximum absolute atomic E-state index is 12.4. The fourth-order valence-corrected chi connectivity index (χ4v) is 3.35. The molecule has 0 saturated carbocycles. The summed E-state index contributed by atoms with van der Waals surface area (Å²) in [5.74, 6) is 1.02. The number of fused-ring (bicyclic) bond motifs is 1. The molecule has 5 nitrogen and oxygen atoms in total. The van der Waals surface area contributed by atoms with Crippen molar-refractivity contribution in [2.75, 3.05) is 12.1 Å². The maximum Gasteiger partial charge on any atom is 0.257 e. The van der Waals surface area contributed by atoms with E-state index in [1.165, 1.54) is 11.3 Å². The zero-order valence-corrected chi connectivity index (χ0v) is 13.7. The molecule has 3 aromatic rings. The number of rotatable bonds is 3. The number of hydrogen-bond acceptors (Lipinski definition) is 5. The number of carbonyl (C=O) groups is 1. The number of aromatic nitrogens is 1. The van der Waals surface area contributed by atoms with Crippen LogP contribution in [0.3, 0.4) is 0 Å². The van der Waals surface area contributed by atoms with Crippen LogP contribution in [0.25, 0.3) is 11.3 Å². The van der Waals surface area contributed by atoms with E-state index in [-0.39, 0.29) is 12.7 Å². The highest BCUT2D eigenvalue weighted by molar-refractivity contribution is 7.16. The Bertz CT molecular complexity index is 906. The van der Waals surface area contributed by atoms with Crippen molar-refractivity contribution in [2.45, 2.75) is 6.92 Å². The number of nitrogens with one attached hydrogen (secondary N) is 1. The Labute approximate surface area is 142 Å². The van der Waals surface area contributed by atoms with Crippen LogP contribution in [0.4, 0.5) is 5.13 Å². The first-order chi connectivity index (χ1) is 11.7. The van der Waals surface area contributed by atoms with Crippen LogP contribution in [-0.4, -0.2) is 17.7 Å². The average Bonchev–Trinajstić information content (AvgIpc) is 3.21. The van der Waals surface area contributed by atoms with Gasteiger partial charge in [0.25, 0.3) is 5.91 Å². The lowest BCUT2D eigenvalue weighted by molar-refractivity contribution is 0.102. The molecule has 120 valence electrons. The van der Waals surface area contributed by atoms with Gasteiger partial charge in [0, 0.05) is 16.0 Å². The maximum atomic E-state index is 12.4. The summed E-state index contributed by atoms with van der Waals surface area (Å²) in [6.07, 6.45) is 0. The van der Waals surface area contributed by atoms with E-state index in [1.54, 1.807) is 18.2 Å². The molecule has 0 fully saturated rings. The fraction of sp³-hybridized carbons (Fsp3) is 0.111. The number of amides is 1. The SMILES string of the molecule is Cc1sc(NC(=O)c2ccc3c(c2)OCO3)nc1-c1ccccc1. The number of ether oxygens (including phenoxy) is 2. The van der Waals surface area contributed by atoms with E-state index in [4.69, 9.17) is 9.47 Å². The third-order valence-corrected chi connectivity index (χ3v) is 4.59. The number of aryl methyl sites for hydroxylation is 1. The molecule has 1 aliphatic rings. The van der Waals surface area contributed by atoms with E-state index in [9.17, 15) is 4.79 Å². The van der Waals surface area contributed by atoms with Gasteiger partial charge in [-0.2, -0.15) is 0 Å². The van der Waals surface area contributed by atoms with E-state index in [0.717, 1.165) is 16.1 Å². The molecular formula is C18H14N2O3S. The number of carbonyl (C=O) groups excluding carboxylic acids is 1. The quantitative estimate of drug-likeness (QED) is 0.781. The van der Waals surface area contributed by atoms with E-state index < -0.39 is 0 Å². The minimum absolute atomic E-state index is 0.187. The lowest BCUT2D eigenvalue weighted by atomic mass is 10.1. The molecular weight excluding hydrogens is 324 g/mol. The van der Waals surface area contributed by atoms with Crippen molar-refractivity contribution >= 4 is 22.4 Å². The molecule has 0 spiro atoms. The van der Waals surface area contributed by atoms with Gasteiger partial charge < -0.3 is 9.47 Å². The Hall–Kier alpha value is -2.86. The van der Waals surface area contributed by atoms with Crippen molar-refractivity contribution in [1.82, 2.24) is 4.98 Å². The van der Waals surface area contributed by atoms with Crippen LogP contribution < -0.4 is 14.8 Å². The summed E-state index contributed by atoms with van der Waals surface area (Å²) in [5, 5.41) is 3.43. The number of nitrogens with zero attached hydrogens (tertiary/aromatic N) is 1. The molecule has 0 unspecified atom stereocenters. The second-order valence-electron chi connectivity index (χ2n) is 5.31. The van der Waals surface area contributed by atoms with Gasteiger partial charge in [-0.3, -0.25) is 10.1 Å². The van der Waals surface area contributed by atoms with Crippen LogP contribution in [0, 0.1) is 6.92 Å². The van der Waals surface area contributed by atoms with Crippen molar-refractivity contribution in [3.8, 4) is 22.8 Å². The Kier molecular flexibility index (Phi) is 3.66. The third-order valence-electron chi connectivity index (χ3n) is 3.70. The van der Waals surface area contributed by atoms with Crippen LogP contribution >= 0.6 is 11.3 Å². The van der Waals surface area contributed by atoms with Crippen LogP contribution in [0.1, 0.15) is 15.2 Å². The van der Waals surface area contributed by atoms with E-state index >= 15 is 0 Å². The normalized spacial score (nSPS) is 12.2. The Morgan fingerprint density at radius 2 is 1.92 bits per heavy atom. The van der Waals surface area contributed by atoms with E-state index in [1.807, 2.05) is 37.3 Å². The topological polar surface area (TPSA) is 60.5 Å². The Morgan fingerprint density at radius 3 is 2.75 bits per heavy atom. The molecule has 0 bridgehead atoms. The Morgan fingerprint density at radius 1 is 1.12 bits per heavy atom. The number of anilines is 1. The van der Waals surface area contributed by atoms with E-state index in [2.05, 4.69) is 10.3 Å². The smallest absolute Gasteiger partial charge is 0.257 e. The standard InChI is InChI=1S/C18H14N2O3S/c1-11-16(12-5-3-2-4-6-12)19-18(24-11)20-17(21)13-7-8-14-15(9-13)23-10-22-14/h2-9H,10H2,1H3,(H,19,20,21). The molecule has 6 heteroatoms. The summed E-state index contributed by atoms with van der Waals surface area (Å²) in [6, 6.07) is 15.0. The van der Waals surface area contributed by atoms with Crippen molar-refractivity contribution in [2.24, 2.45) is 0 Å². The molecule has 0 atom stereocenters. The van der Waals surface area contributed by atoms with Crippen LogP contribution in [0.15, 0.2) is 48.5 Å². The van der Waals surface area contributed by atoms with Gasteiger partial charge in [-0.05, 0) is 25.1 Å². The molecule has 24 heavy (non-hydrogen) atoms. The summed E-state index contributed by atoms with van der Waals surface area (Å²) in [5.41, 5.74) is 2.43. The first-order valence-corrected chi connectivity index (χ1v) is 8.26. The zero-order valence-electron chi connectivity index (χ0n) is 12.9. The van der Waals surface area contributed by atoms with Gasteiger partial charge in [0.1, 0.15) is 0 Å². The Balaban J connectivity index is 1.56. The minimum Gasteiger partial charge on any atom is -0.454 e. The van der Waals surface area contributed by atoms with Gasteiger partial charge in [-0.1, -0.05) is 30.3 Å². The van der Waals surface area contributed by atoms with Gasteiger partial charge in [-0.15, -0.1) is 11.3 Å². The monoisotopic (exact) mass is 338 g/mol. The molecule has 2 aromatic carbocycles. The summed E-state index contributed by atoms with van der Waals surface area (Å²) in [4.78, 5) is 18.0. The van der Waals surface area contributed by atoms with Gasteiger partial charge in [0.15, 0.2) is 16.6 Å². The predicted molar refractivity (Wildman–Crippen MR) is 92.8 cm³/mol. The molecule has 1 aromatic heterocycles. The number of hydrogen-bond donors (Lipinski definition) is 1. The summed E-state index contributed by atoms with van der Waals surface area (Å²) >= 11 is 1.46. The molecule has 1 N–H and O–H groups in total. The summed E-state index contributed by atoms with van der Waals surface area (Å²) < 4.78 is 10.6. The second kappa shape index (κ2) is 5.98. The minimum atomic E-state index is -0.221. The van der Waals surface area contributed by atoms with Gasteiger partial charge in [0.2, 0.25) is 6.79 Å². The highest BCUT2D eigenvalue weighted by Gasteiger charge is 2.17. The summed E-state index contributed by atoms with van der Waals surface area (Å²) in [6.45, 7) is 2.18. The predicted octanol–water partition coefficient (Wildman–Crippen LogP) is 4.10. The number of thiazole rings is 1. The lowest BCUT2D eigenvalue weighted by Gasteiger charge is -2.03. The first kappa shape index (κ1) is 14.7. The van der Waals surface area contributed by atoms with Gasteiger partial charge in [-0.25, -0.2) is 4.98 Å². The molecule has 0 saturated heterocycles. The third kappa shape index (κ3) is 2.72. The summed E-state index contributed by atoms with van der Waals surface area (Å²) in [7, 11) is 0.